The smallest absolute Gasteiger partial charge is 0.267 e. The fourth-order valence-electron chi connectivity index (χ4n) is 2.18. The number of aromatic nitrogens is 1. The third kappa shape index (κ3) is 3.13. The first-order valence-corrected chi connectivity index (χ1v) is 6.54. The second-order valence-electron chi connectivity index (χ2n) is 5.04. The number of rotatable bonds is 3. The number of aromatic amines is 1. The zero-order valence-electron chi connectivity index (χ0n) is 11.7. The monoisotopic (exact) mass is 291 g/mol. The fraction of sp³-hybridized carbons (Fsp3) is 0.357. The molecule has 1 aliphatic heterocycles. The number of likely N-dealkylation sites (tertiary alicyclic amines) is 1. The summed E-state index contributed by atoms with van der Waals surface area (Å²) < 4.78 is 0. The molecule has 1 unspecified atom stereocenters. The average molecular weight is 291 g/mol. The van der Waals surface area contributed by atoms with Crippen LogP contribution in [0.3, 0.4) is 0 Å². The average Bonchev–Trinajstić information content (AvgIpc) is 2.46. The Morgan fingerprint density at radius 2 is 2.29 bits per heavy atom. The summed E-state index contributed by atoms with van der Waals surface area (Å²) in [7, 11) is 1.71. The molecule has 21 heavy (non-hydrogen) atoms. The van der Waals surface area contributed by atoms with Crippen molar-refractivity contribution < 1.29 is 14.7 Å². The van der Waals surface area contributed by atoms with Crippen molar-refractivity contribution in [3.05, 3.63) is 40.3 Å². The van der Waals surface area contributed by atoms with Gasteiger partial charge in [-0.05, 0) is 6.42 Å². The highest BCUT2D eigenvalue weighted by Crippen LogP contribution is 2.21. The van der Waals surface area contributed by atoms with Crippen LogP contribution >= 0.6 is 0 Å². The summed E-state index contributed by atoms with van der Waals surface area (Å²) in [5.74, 6) is -1.13. The van der Waals surface area contributed by atoms with Crippen LogP contribution in [0.2, 0.25) is 0 Å². The highest BCUT2D eigenvalue weighted by atomic mass is 16.3. The standard InChI is InChI=1S/C14H17N3O4/c1-8-9(3-4-17(2)14(8)21)6-16-13(20)10-5-11(18)12(19)7-15-10/h5,7,9,19H,1,3-4,6H2,2H3,(H,15,18)(H,16,20). The van der Waals surface area contributed by atoms with Crippen LogP contribution in [-0.4, -0.2) is 46.9 Å². The van der Waals surface area contributed by atoms with E-state index in [2.05, 4.69) is 16.9 Å². The zero-order valence-corrected chi connectivity index (χ0v) is 11.7. The predicted molar refractivity (Wildman–Crippen MR) is 75.9 cm³/mol. The van der Waals surface area contributed by atoms with E-state index in [0.29, 0.717) is 12.1 Å². The molecule has 112 valence electrons. The van der Waals surface area contributed by atoms with Gasteiger partial charge in [0, 0.05) is 43.9 Å². The summed E-state index contributed by atoms with van der Waals surface area (Å²) in [5.41, 5.74) is -0.0938. The molecule has 1 aliphatic rings. The molecule has 3 N–H and O–H groups in total. The first-order chi connectivity index (χ1) is 9.90. The van der Waals surface area contributed by atoms with E-state index in [4.69, 9.17) is 5.11 Å². The molecule has 2 heterocycles. The first kappa shape index (κ1) is 14.8. The van der Waals surface area contributed by atoms with Crippen LogP contribution in [-0.2, 0) is 4.79 Å². The lowest BCUT2D eigenvalue weighted by atomic mass is 9.92. The van der Waals surface area contributed by atoms with E-state index >= 15 is 0 Å². The fourth-order valence-corrected chi connectivity index (χ4v) is 2.18. The molecule has 0 saturated carbocycles. The SMILES string of the molecule is C=C1C(=O)N(C)CCC1CNC(=O)c1cc(=O)c(O)c[nH]1. The van der Waals surface area contributed by atoms with Gasteiger partial charge in [0.2, 0.25) is 11.3 Å². The van der Waals surface area contributed by atoms with Crippen molar-refractivity contribution in [2.24, 2.45) is 5.92 Å². The number of hydrogen-bond donors (Lipinski definition) is 3. The lowest BCUT2D eigenvalue weighted by Gasteiger charge is -2.30. The van der Waals surface area contributed by atoms with Crippen LogP contribution in [0, 0.1) is 5.92 Å². The molecule has 7 nitrogen and oxygen atoms in total. The predicted octanol–water partition coefficient (Wildman–Crippen LogP) is -0.155. The van der Waals surface area contributed by atoms with Crippen molar-refractivity contribution in [3.8, 4) is 5.75 Å². The van der Waals surface area contributed by atoms with Crippen molar-refractivity contribution in [2.45, 2.75) is 6.42 Å². The minimum Gasteiger partial charge on any atom is -0.503 e. The van der Waals surface area contributed by atoms with Gasteiger partial charge in [0.25, 0.3) is 5.91 Å². The van der Waals surface area contributed by atoms with Gasteiger partial charge in [0.1, 0.15) is 5.69 Å². The number of hydrogen-bond acceptors (Lipinski definition) is 4. The van der Waals surface area contributed by atoms with Gasteiger partial charge in [-0.1, -0.05) is 6.58 Å². The number of nitrogens with zero attached hydrogens (tertiary/aromatic N) is 1. The number of aromatic hydroxyl groups is 1. The molecule has 0 aliphatic carbocycles. The third-order valence-electron chi connectivity index (χ3n) is 3.57. The van der Waals surface area contributed by atoms with Crippen LogP contribution in [0.25, 0.3) is 0 Å². The Bertz CT molecular complexity index is 650. The number of H-pyrrole nitrogens is 1. The Kier molecular flexibility index (Phi) is 4.11. The Balaban J connectivity index is 1.98. The molecule has 0 radical (unpaired) electrons. The van der Waals surface area contributed by atoms with Crippen LogP contribution in [0.5, 0.6) is 5.75 Å². The van der Waals surface area contributed by atoms with E-state index in [1.54, 1.807) is 11.9 Å². The van der Waals surface area contributed by atoms with Gasteiger partial charge in [0.05, 0.1) is 0 Å². The summed E-state index contributed by atoms with van der Waals surface area (Å²) >= 11 is 0. The first-order valence-electron chi connectivity index (χ1n) is 6.54. The van der Waals surface area contributed by atoms with Crippen molar-refractivity contribution in [3.63, 3.8) is 0 Å². The molecule has 1 fully saturated rings. The molecule has 7 heteroatoms. The van der Waals surface area contributed by atoms with E-state index in [0.717, 1.165) is 18.7 Å². The molecule has 1 aromatic heterocycles. The van der Waals surface area contributed by atoms with Crippen LogP contribution < -0.4 is 10.7 Å². The molecule has 0 spiro atoms. The zero-order chi connectivity index (χ0) is 15.6. The molecular weight excluding hydrogens is 274 g/mol. The number of amides is 2. The van der Waals surface area contributed by atoms with E-state index in [1.165, 1.54) is 0 Å². The maximum Gasteiger partial charge on any atom is 0.267 e. The third-order valence-corrected chi connectivity index (χ3v) is 3.57. The second kappa shape index (κ2) is 5.82. The summed E-state index contributed by atoms with van der Waals surface area (Å²) in [4.78, 5) is 39.1. The van der Waals surface area contributed by atoms with Crippen molar-refractivity contribution in [2.75, 3.05) is 20.1 Å². The summed E-state index contributed by atoms with van der Waals surface area (Å²) in [6, 6.07) is 1.03. The molecule has 0 bridgehead atoms. The number of pyridine rings is 1. The van der Waals surface area contributed by atoms with Crippen LogP contribution in [0.1, 0.15) is 16.9 Å². The van der Waals surface area contributed by atoms with Crippen LogP contribution in [0.4, 0.5) is 0 Å². The summed E-state index contributed by atoms with van der Waals surface area (Å²) in [6.07, 6.45) is 1.79. The summed E-state index contributed by atoms with van der Waals surface area (Å²) in [5, 5.41) is 11.8. The van der Waals surface area contributed by atoms with E-state index in [1.807, 2.05) is 0 Å². The Morgan fingerprint density at radius 1 is 1.57 bits per heavy atom. The van der Waals surface area contributed by atoms with Crippen molar-refractivity contribution >= 4 is 11.8 Å². The molecule has 2 rings (SSSR count). The number of nitrogens with one attached hydrogen (secondary N) is 2. The molecule has 1 aromatic rings. The maximum absolute atomic E-state index is 11.9. The van der Waals surface area contributed by atoms with E-state index in [9.17, 15) is 14.4 Å². The molecule has 1 saturated heterocycles. The van der Waals surface area contributed by atoms with Crippen molar-refractivity contribution in [1.82, 2.24) is 15.2 Å². The van der Waals surface area contributed by atoms with Gasteiger partial charge in [-0.15, -0.1) is 0 Å². The van der Waals surface area contributed by atoms with Gasteiger partial charge in [0.15, 0.2) is 5.75 Å². The second-order valence-corrected chi connectivity index (χ2v) is 5.04. The number of carbonyl (C=O) groups is 2. The number of piperidine rings is 1. The number of carbonyl (C=O) groups excluding carboxylic acids is 2. The Morgan fingerprint density at radius 3 is 2.95 bits per heavy atom. The summed E-state index contributed by atoms with van der Waals surface area (Å²) in [6.45, 7) is 4.67. The lowest BCUT2D eigenvalue weighted by molar-refractivity contribution is -0.128. The van der Waals surface area contributed by atoms with Gasteiger partial charge in [-0.25, -0.2) is 0 Å². The highest BCUT2D eigenvalue weighted by molar-refractivity contribution is 5.94. The lowest BCUT2D eigenvalue weighted by Crippen LogP contribution is -2.42. The Labute approximate surface area is 121 Å². The van der Waals surface area contributed by atoms with E-state index < -0.39 is 17.1 Å². The molecular formula is C14H17N3O4. The normalized spacial score (nSPS) is 18.7. The molecule has 0 aromatic carbocycles. The van der Waals surface area contributed by atoms with Gasteiger partial charge >= 0.3 is 0 Å². The van der Waals surface area contributed by atoms with E-state index in [-0.39, 0.29) is 24.1 Å². The van der Waals surface area contributed by atoms with Gasteiger partial charge in [-0.2, -0.15) is 0 Å². The minimum absolute atomic E-state index is 0.0580. The quantitative estimate of drug-likeness (QED) is 0.674. The molecule has 2 amide bonds. The van der Waals surface area contributed by atoms with Gasteiger partial charge < -0.3 is 20.3 Å². The Hall–Kier alpha value is -2.57. The molecule has 1 atom stereocenters. The highest BCUT2D eigenvalue weighted by Gasteiger charge is 2.27. The maximum atomic E-state index is 11.9. The van der Waals surface area contributed by atoms with Crippen molar-refractivity contribution in [1.29, 1.82) is 0 Å². The minimum atomic E-state index is -0.627. The van der Waals surface area contributed by atoms with Crippen LogP contribution in [0.15, 0.2) is 29.2 Å². The topological polar surface area (TPSA) is 102 Å². The number of likely N-dealkylation sites (N-methyl/N-ethyl adjacent to an activating group) is 1. The van der Waals surface area contributed by atoms with Gasteiger partial charge in [-0.3, -0.25) is 14.4 Å². The largest absolute Gasteiger partial charge is 0.503 e.